The summed E-state index contributed by atoms with van der Waals surface area (Å²) in [7, 11) is 0. The highest BCUT2D eigenvalue weighted by Crippen LogP contribution is 2.29. The predicted molar refractivity (Wildman–Crippen MR) is 66.2 cm³/mol. The van der Waals surface area contributed by atoms with Gasteiger partial charge in [-0.2, -0.15) is 26.3 Å². The number of carbonyl (C=O) groups excluding carboxylic acids is 1. The van der Waals surface area contributed by atoms with Crippen molar-refractivity contribution in [3.05, 3.63) is 35.4 Å². The van der Waals surface area contributed by atoms with Gasteiger partial charge in [0, 0.05) is 6.42 Å². The molecule has 0 saturated heterocycles. The molecule has 0 spiro atoms. The molecule has 0 N–H and O–H groups in total. The van der Waals surface area contributed by atoms with Crippen molar-refractivity contribution in [1.82, 2.24) is 0 Å². The van der Waals surface area contributed by atoms with E-state index in [1.54, 1.807) is 0 Å². The fraction of sp³-hybridized carbons (Fsp3) is 0.500. The molecule has 0 amide bonds. The molecule has 0 radical (unpaired) electrons. The summed E-state index contributed by atoms with van der Waals surface area (Å²) in [5, 5.41) is 0. The van der Waals surface area contributed by atoms with Crippen LogP contribution in [0.4, 0.5) is 26.3 Å². The summed E-state index contributed by atoms with van der Waals surface area (Å²) in [6.07, 6.45) is -9.11. The zero-order chi connectivity index (χ0) is 16.8. The lowest BCUT2D eigenvalue weighted by Gasteiger charge is -2.08. The first kappa shape index (κ1) is 18.3. The van der Waals surface area contributed by atoms with Crippen molar-refractivity contribution >= 4 is 5.97 Å². The fourth-order valence-corrected chi connectivity index (χ4v) is 1.65. The van der Waals surface area contributed by atoms with Gasteiger partial charge in [-0.25, -0.2) is 4.79 Å². The molecule has 8 heteroatoms. The molecule has 0 saturated carbocycles. The molecule has 22 heavy (non-hydrogen) atoms. The Labute approximate surface area is 123 Å². The molecule has 0 aliphatic carbocycles. The Bertz CT molecular complexity index is 476. The molecule has 0 aliphatic heterocycles. The summed E-state index contributed by atoms with van der Waals surface area (Å²) >= 11 is 0. The smallest absolute Gasteiger partial charge is 0.416 e. The second kappa shape index (κ2) is 7.51. The Balaban J connectivity index is 2.31. The quantitative estimate of drug-likeness (QED) is 0.418. The second-order valence-corrected chi connectivity index (χ2v) is 4.64. The lowest BCUT2D eigenvalue weighted by atomic mass is 10.1. The van der Waals surface area contributed by atoms with Crippen LogP contribution in [-0.2, 0) is 10.9 Å². The number of unbranched alkanes of at least 4 members (excludes halogenated alkanes) is 2. The average molecular weight is 328 g/mol. The fourth-order valence-electron chi connectivity index (χ4n) is 1.65. The minimum absolute atomic E-state index is 0.0386. The molecule has 1 aromatic rings. The van der Waals surface area contributed by atoms with E-state index in [1.807, 2.05) is 0 Å². The normalized spacial score (nSPS) is 12.3. The lowest BCUT2D eigenvalue weighted by Crippen LogP contribution is -2.09. The van der Waals surface area contributed by atoms with Crippen molar-refractivity contribution < 1.29 is 35.9 Å². The van der Waals surface area contributed by atoms with Crippen LogP contribution in [0.25, 0.3) is 0 Å². The maximum Gasteiger partial charge on any atom is 0.416 e. The third-order valence-corrected chi connectivity index (χ3v) is 2.79. The van der Waals surface area contributed by atoms with E-state index >= 15 is 0 Å². The van der Waals surface area contributed by atoms with Crippen LogP contribution in [0.1, 0.15) is 41.6 Å². The first-order valence-electron chi connectivity index (χ1n) is 6.51. The summed E-state index contributed by atoms with van der Waals surface area (Å²) in [6, 6.07) is 3.52. The molecule has 1 rings (SSSR count). The van der Waals surface area contributed by atoms with Crippen LogP contribution in [-0.4, -0.2) is 18.8 Å². The van der Waals surface area contributed by atoms with Crippen molar-refractivity contribution in [3.63, 3.8) is 0 Å². The van der Waals surface area contributed by atoms with E-state index in [0.717, 1.165) is 24.3 Å². The number of alkyl halides is 6. The molecule has 0 aliphatic rings. The number of benzene rings is 1. The van der Waals surface area contributed by atoms with E-state index in [-0.39, 0.29) is 31.4 Å². The summed E-state index contributed by atoms with van der Waals surface area (Å²) in [5.41, 5.74) is -0.917. The summed E-state index contributed by atoms with van der Waals surface area (Å²) < 4.78 is 77.4. The van der Waals surface area contributed by atoms with E-state index in [9.17, 15) is 31.1 Å². The zero-order valence-electron chi connectivity index (χ0n) is 11.4. The molecule has 124 valence electrons. The number of ether oxygens (including phenoxy) is 1. The highest BCUT2D eigenvalue weighted by molar-refractivity contribution is 5.89. The number of rotatable bonds is 6. The second-order valence-electron chi connectivity index (χ2n) is 4.64. The maximum absolute atomic E-state index is 12.3. The third-order valence-electron chi connectivity index (χ3n) is 2.79. The van der Waals surface area contributed by atoms with Crippen molar-refractivity contribution in [2.45, 2.75) is 38.0 Å². The SMILES string of the molecule is O=C(OCCCCCC(F)(F)F)c1ccc(C(F)(F)F)cc1. The van der Waals surface area contributed by atoms with Crippen LogP contribution in [0.5, 0.6) is 0 Å². The van der Waals surface area contributed by atoms with Crippen LogP contribution in [0.15, 0.2) is 24.3 Å². The molecule has 0 fully saturated rings. The summed E-state index contributed by atoms with van der Waals surface area (Å²) in [5.74, 6) is -0.801. The first-order valence-corrected chi connectivity index (χ1v) is 6.51. The van der Waals surface area contributed by atoms with E-state index < -0.39 is 30.3 Å². The molecule has 0 bridgehead atoms. The van der Waals surface area contributed by atoms with E-state index in [2.05, 4.69) is 0 Å². The standard InChI is InChI=1S/C14H14F6O2/c15-13(16,17)8-2-1-3-9-22-12(21)10-4-6-11(7-5-10)14(18,19)20/h4-7H,1-3,8-9H2. The Morgan fingerprint density at radius 1 is 0.909 bits per heavy atom. The van der Waals surface area contributed by atoms with Crippen molar-refractivity contribution in [1.29, 1.82) is 0 Å². The number of carbonyl (C=O) groups is 1. The van der Waals surface area contributed by atoms with Crippen LogP contribution >= 0.6 is 0 Å². The molecule has 0 aromatic heterocycles. The van der Waals surface area contributed by atoms with Gasteiger partial charge in [0.05, 0.1) is 17.7 Å². The van der Waals surface area contributed by atoms with Gasteiger partial charge in [-0.15, -0.1) is 0 Å². The van der Waals surface area contributed by atoms with Crippen molar-refractivity contribution in [2.24, 2.45) is 0 Å². The Kier molecular flexibility index (Phi) is 6.25. The first-order chi connectivity index (χ1) is 10.1. The van der Waals surface area contributed by atoms with Crippen LogP contribution in [0.2, 0.25) is 0 Å². The number of esters is 1. The molecule has 1 aromatic carbocycles. The largest absolute Gasteiger partial charge is 0.462 e. The predicted octanol–water partition coefficient (Wildman–Crippen LogP) is 4.98. The Morgan fingerprint density at radius 2 is 1.50 bits per heavy atom. The van der Waals surface area contributed by atoms with Gasteiger partial charge in [-0.3, -0.25) is 0 Å². The van der Waals surface area contributed by atoms with E-state index in [4.69, 9.17) is 4.74 Å². The van der Waals surface area contributed by atoms with E-state index in [0.29, 0.717) is 0 Å². The minimum Gasteiger partial charge on any atom is -0.462 e. The molecular weight excluding hydrogens is 314 g/mol. The van der Waals surface area contributed by atoms with Gasteiger partial charge in [0.1, 0.15) is 0 Å². The molecule has 2 nitrogen and oxygen atoms in total. The number of hydrogen-bond acceptors (Lipinski definition) is 2. The van der Waals surface area contributed by atoms with Gasteiger partial charge in [-0.05, 0) is 43.5 Å². The van der Waals surface area contributed by atoms with Crippen LogP contribution in [0.3, 0.4) is 0 Å². The Morgan fingerprint density at radius 3 is 2.00 bits per heavy atom. The van der Waals surface area contributed by atoms with Crippen molar-refractivity contribution in [2.75, 3.05) is 6.61 Å². The van der Waals surface area contributed by atoms with Gasteiger partial charge >= 0.3 is 18.3 Å². The Hall–Kier alpha value is -1.73. The minimum atomic E-state index is -4.49. The van der Waals surface area contributed by atoms with Crippen LogP contribution < -0.4 is 0 Å². The van der Waals surface area contributed by atoms with E-state index in [1.165, 1.54) is 0 Å². The van der Waals surface area contributed by atoms with Gasteiger partial charge in [0.15, 0.2) is 0 Å². The van der Waals surface area contributed by atoms with Gasteiger partial charge < -0.3 is 4.74 Å². The molecule has 0 unspecified atom stereocenters. The monoisotopic (exact) mass is 328 g/mol. The lowest BCUT2D eigenvalue weighted by molar-refractivity contribution is -0.137. The number of halogens is 6. The van der Waals surface area contributed by atoms with Gasteiger partial charge in [-0.1, -0.05) is 0 Å². The van der Waals surface area contributed by atoms with Crippen molar-refractivity contribution in [3.8, 4) is 0 Å². The highest BCUT2D eigenvalue weighted by atomic mass is 19.4. The van der Waals surface area contributed by atoms with Gasteiger partial charge in [0.25, 0.3) is 0 Å². The summed E-state index contributed by atoms with van der Waals surface area (Å²) in [6.45, 7) is -0.0717. The topological polar surface area (TPSA) is 26.3 Å². The highest BCUT2D eigenvalue weighted by Gasteiger charge is 2.30. The summed E-state index contributed by atoms with van der Waals surface area (Å²) in [4.78, 5) is 11.5. The maximum atomic E-state index is 12.3. The molecule has 0 atom stereocenters. The molecular formula is C14H14F6O2. The number of hydrogen-bond donors (Lipinski definition) is 0. The van der Waals surface area contributed by atoms with Crippen LogP contribution in [0, 0.1) is 0 Å². The van der Waals surface area contributed by atoms with Gasteiger partial charge in [0.2, 0.25) is 0 Å². The molecule has 0 heterocycles. The average Bonchev–Trinajstić information content (AvgIpc) is 2.40. The third kappa shape index (κ3) is 6.82. The zero-order valence-corrected chi connectivity index (χ0v) is 11.4.